The van der Waals surface area contributed by atoms with E-state index < -0.39 is 0 Å². The Morgan fingerprint density at radius 3 is 2.62 bits per heavy atom. The van der Waals surface area contributed by atoms with Crippen LogP contribution in [-0.2, 0) is 0 Å². The highest BCUT2D eigenvalue weighted by molar-refractivity contribution is 6.31. The molecule has 5 heteroatoms. The number of hydrogen-bond acceptors (Lipinski definition) is 2. The standard InChI is InChI=1S/C16H11ClN4/c17-12-6-7-14-15(10-12)21(13-4-2-1-3-5-13)16(19-14)20-9-8-18-11-20/h1-11H. The van der Waals surface area contributed by atoms with Gasteiger partial charge in [0, 0.05) is 23.1 Å². The van der Waals surface area contributed by atoms with Crippen molar-refractivity contribution in [1.82, 2.24) is 19.1 Å². The number of aromatic nitrogens is 4. The first-order valence-electron chi connectivity index (χ1n) is 6.55. The number of nitrogens with zero attached hydrogens (tertiary/aromatic N) is 4. The molecule has 0 amide bonds. The maximum Gasteiger partial charge on any atom is 0.220 e. The van der Waals surface area contributed by atoms with E-state index in [1.165, 1.54) is 0 Å². The highest BCUT2D eigenvalue weighted by Crippen LogP contribution is 2.26. The molecule has 2 aromatic carbocycles. The molecule has 0 aliphatic heterocycles. The normalized spacial score (nSPS) is 11.1. The molecule has 2 heterocycles. The molecule has 0 saturated heterocycles. The molecular weight excluding hydrogens is 284 g/mol. The number of imidazole rings is 2. The zero-order valence-corrected chi connectivity index (χ0v) is 11.8. The van der Waals surface area contributed by atoms with Crippen LogP contribution in [0.2, 0.25) is 5.02 Å². The summed E-state index contributed by atoms with van der Waals surface area (Å²) in [6.45, 7) is 0. The van der Waals surface area contributed by atoms with Gasteiger partial charge in [0.05, 0.1) is 11.0 Å². The van der Waals surface area contributed by atoms with Crippen LogP contribution in [0.5, 0.6) is 0 Å². The summed E-state index contributed by atoms with van der Waals surface area (Å²) in [4.78, 5) is 8.80. The summed E-state index contributed by atoms with van der Waals surface area (Å²) >= 11 is 6.15. The Morgan fingerprint density at radius 1 is 1.00 bits per heavy atom. The summed E-state index contributed by atoms with van der Waals surface area (Å²) in [6.07, 6.45) is 5.35. The fraction of sp³-hybridized carbons (Fsp3) is 0. The summed E-state index contributed by atoms with van der Waals surface area (Å²) in [5.41, 5.74) is 2.90. The van der Waals surface area contributed by atoms with E-state index >= 15 is 0 Å². The molecule has 0 fully saturated rings. The van der Waals surface area contributed by atoms with E-state index in [2.05, 4.69) is 9.55 Å². The number of para-hydroxylation sites is 1. The molecule has 0 aliphatic rings. The third kappa shape index (κ3) is 2.00. The molecule has 0 N–H and O–H groups in total. The summed E-state index contributed by atoms with van der Waals surface area (Å²) < 4.78 is 3.96. The van der Waals surface area contributed by atoms with Crippen molar-refractivity contribution in [2.75, 3.05) is 0 Å². The van der Waals surface area contributed by atoms with Crippen LogP contribution < -0.4 is 0 Å². The molecule has 0 unspecified atom stereocenters. The smallest absolute Gasteiger partial charge is 0.220 e. The van der Waals surface area contributed by atoms with Gasteiger partial charge < -0.3 is 0 Å². The minimum atomic E-state index is 0.691. The average molecular weight is 295 g/mol. The van der Waals surface area contributed by atoms with Crippen molar-refractivity contribution in [3.05, 3.63) is 72.3 Å². The van der Waals surface area contributed by atoms with E-state index in [0.717, 1.165) is 22.7 Å². The van der Waals surface area contributed by atoms with Crippen LogP contribution in [0.3, 0.4) is 0 Å². The van der Waals surface area contributed by atoms with Crippen molar-refractivity contribution in [3.8, 4) is 11.6 Å². The van der Waals surface area contributed by atoms with E-state index in [9.17, 15) is 0 Å². The van der Waals surface area contributed by atoms with Gasteiger partial charge in [-0.1, -0.05) is 29.8 Å². The maximum atomic E-state index is 6.15. The lowest BCUT2D eigenvalue weighted by molar-refractivity contribution is 0.902. The summed E-state index contributed by atoms with van der Waals surface area (Å²) in [5.74, 6) is 0.788. The lowest BCUT2D eigenvalue weighted by Crippen LogP contribution is -2.03. The fourth-order valence-corrected chi connectivity index (χ4v) is 2.58. The van der Waals surface area contributed by atoms with Crippen LogP contribution in [-0.4, -0.2) is 19.1 Å². The van der Waals surface area contributed by atoms with Gasteiger partial charge >= 0.3 is 0 Å². The Labute approximate surface area is 126 Å². The topological polar surface area (TPSA) is 35.6 Å². The first kappa shape index (κ1) is 12.2. The fourth-order valence-electron chi connectivity index (χ4n) is 2.42. The highest BCUT2D eigenvalue weighted by Gasteiger charge is 2.13. The molecule has 0 aliphatic carbocycles. The Morgan fingerprint density at radius 2 is 1.86 bits per heavy atom. The lowest BCUT2D eigenvalue weighted by atomic mass is 10.3. The Balaban J connectivity index is 2.09. The molecule has 102 valence electrons. The quantitative estimate of drug-likeness (QED) is 0.563. The Kier molecular flexibility index (Phi) is 2.75. The van der Waals surface area contributed by atoms with Crippen LogP contribution in [0.4, 0.5) is 0 Å². The van der Waals surface area contributed by atoms with Gasteiger partial charge in [0.25, 0.3) is 0 Å². The number of fused-ring (bicyclic) bond motifs is 1. The summed E-state index contributed by atoms with van der Waals surface area (Å²) in [7, 11) is 0. The molecule has 4 rings (SSSR count). The van der Waals surface area contributed by atoms with Gasteiger partial charge in [-0.3, -0.25) is 9.13 Å². The van der Waals surface area contributed by atoms with E-state index in [4.69, 9.17) is 16.6 Å². The predicted molar refractivity (Wildman–Crippen MR) is 83.2 cm³/mol. The Bertz CT molecular complexity index is 895. The molecule has 0 radical (unpaired) electrons. The third-order valence-corrected chi connectivity index (χ3v) is 3.58. The van der Waals surface area contributed by atoms with E-state index in [0.29, 0.717) is 5.02 Å². The van der Waals surface area contributed by atoms with Crippen LogP contribution in [0.1, 0.15) is 0 Å². The van der Waals surface area contributed by atoms with E-state index in [1.807, 2.05) is 59.3 Å². The monoisotopic (exact) mass is 294 g/mol. The third-order valence-electron chi connectivity index (χ3n) is 3.35. The number of hydrogen-bond donors (Lipinski definition) is 0. The van der Waals surface area contributed by atoms with Crippen molar-refractivity contribution in [3.63, 3.8) is 0 Å². The zero-order chi connectivity index (χ0) is 14.2. The van der Waals surface area contributed by atoms with E-state index in [-0.39, 0.29) is 0 Å². The molecule has 0 atom stereocenters. The zero-order valence-electron chi connectivity index (χ0n) is 11.0. The molecule has 0 spiro atoms. The van der Waals surface area contributed by atoms with Crippen molar-refractivity contribution in [1.29, 1.82) is 0 Å². The van der Waals surface area contributed by atoms with Gasteiger partial charge in [0.2, 0.25) is 5.95 Å². The molecule has 21 heavy (non-hydrogen) atoms. The second-order valence-electron chi connectivity index (χ2n) is 4.69. The van der Waals surface area contributed by atoms with Crippen LogP contribution in [0.15, 0.2) is 67.3 Å². The van der Waals surface area contributed by atoms with Crippen molar-refractivity contribution < 1.29 is 0 Å². The van der Waals surface area contributed by atoms with E-state index in [1.54, 1.807) is 12.5 Å². The van der Waals surface area contributed by atoms with Gasteiger partial charge in [-0.2, -0.15) is 0 Å². The Hall–Kier alpha value is -2.59. The minimum absolute atomic E-state index is 0.691. The first-order chi connectivity index (χ1) is 10.3. The van der Waals surface area contributed by atoms with Crippen LogP contribution in [0.25, 0.3) is 22.7 Å². The summed E-state index contributed by atoms with van der Waals surface area (Å²) in [6, 6.07) is 15.8. The molecule has 4 aromatic rings. The maximum absolute atomic E-state index is 6.15. The van der Waals surface area contributed by atoms with Gasteiger partial charge in [-0.15, -0.1) is 0 Å². The minimum Gasteiger partial charge on any atom is -0.278 e. The highest BCUT2D eigenvalue weighted by atomic mass is 35.5. The first-order valence-corrected chi connectivity index (χ1v) is 6.92. The number of halogens is 1. The SMILES string of the molecule is Clc1ccc2nc(-n3ccnc3)n(-c3ccccc3)c2c1. The van der Waals surface area contributed by atoms with Gasteiger partial charge in [0.15, 0.2) is 0 Å². The van der Waals surface area contributed by atoms with Crippen molar-refractivity contribution in [2.45, 2.75) is 0 Å². The number of rotatable bonds is 2. The van der Waals surface area contributed by atoms with Crippen molar-refractivity contribution >= 4 is 22.6 Å². The summed E-state index contributed by atoms with van der Waals surface area (Å²) in [5, 5.41) is 0.691. The van der Waals surface area contributed by atoms with Gasteiger partial charge in [0.1, 0.15) is 6.33 Å². The predicted octanol–water partition coefficient (Wildman–Crippen LogP) is 3.86. The largest absolute Gasteiger partial charge is 0.278 e. The molecule has 0 saturated carbocycles. The average Bonchev–Trinajstić information content (AvgIpc) is 3.14. The molecule has 0 bridgehead atoms. The number of benzene rings is 2. The second-order valence-corrected chi connectivity index (χ2v) is 5.12. The second kappa shape index (κ2) is 4.75. The van der Waals surface area contributed by atoms with Crippen LogP contribution in [0, 0.1) is 0 Å². The van der Waals surface area contributed by atoms with Gasteiger partial charge in [-0.25, -0.2) is 9.97 Å². The molecular formula is C16H11ClN4. The molecule has 4 nitrogen and oxygen atoms in total. The molecule has 2 aromatic heterocycles. The van der Waals surface area contributed by atoms with Crippen molar-refractivity contribution in [2.24, 2.45) is 0 Å². The lowest BCUT2D eigenvalue weighted by Gasteiger charge is -2.09. The van der Waals surface area contributed by atoms with Crippen LogP contribution >= 0.6 is 11.6 Å². The van der Waals surface area contributed by atoms with Gasteiger partial charge in [-0.05, 0) is 30.3 Å².